The third-order valence-electron chi connectivity index (χ3n) is 6.76. The number of methoxy groups -OCH3 is 1. The molecule has 0 saturated carbocycles. The third kappa shape index (κ3) is 5.03. The molecule has 1 saturated heterocycles. The lowest BCUT2D eigenvalue weighted by molar-refractivity contribution is -0.140. The number of carbonyl (C=O) groups excluding carboxylic acids is 3. The van der Waals surface area contributed by atoms with Crippen molar-refractivity contribution in [1.82, 2.24) is 14.8 Å². The number of hydrogen-bond donors (Lipinski definition) is 2. The van der Waals surface area contributed by atoms with Crippen LogP contribution in [0.25, 0.3) is 5.76 Å². The zero-order chi connectivity index (χ0) is 25.9. The molecule has 8 heteroatoms. The van der Waals surface area contributed by atoms with Crippen LogP contribution in [-0.2, 0) is 14.3 Å². The summed E-state index contributed by atoms with van der Waals surface area (Å²) in [6.45, 7) is 12.5. The van der Waals surface area contributed by atoms with Gasteiger partial charge in [0.05, 0.1) is 18.7 Å². The van der Waals surface area contributed by atoms with E-state index >= 15 is 0 Å². The molecule has 0 unspecified atom stereocenters. The number of carbonyl (C=O) groups is 3. The molecule has 1 atom stereocenters. The molecule has 0 aliphatic carbocycles. The minimum Gasteiger partial charge on any atom is -0.507 e. The van der Waals surface area contributed by atoms with Crippen LogP contribution >= 0.6 is 0 Å². The van der Waals surface area contributed by atoms with E-state index in [2.05, 4.69) is 23.7 Å². The number of benzene rings is 1. The smallest absolute Gasteiger partial charge is 0.354 e. The number of H-pyrrole nitrogens is 1. The fraction of sp³-hybridized carbons (Fsp3) is 0.444. The molecule has 1 aromatic carbocycles. The maximum Gasteiger partial charge on any atom is 0.354 e. The highest BCUT2D eigenvalue weighted by molar-refractivity contribution is 6.46. The number of rotatable bonds is 9. The Morgan fingerprint density at radius 2 is 1.74 bits per heavy atom. The summed E-state index contributed by atoms with van der Waals surface area (Å²) in [6.07, 6.45) is 0.700. The quantitative estimate of drug-likeness (QED) is 0.244. The number of esters is 1. The summed E-state index contributed by atoms with van der Waals surface area (Å²) in [5.41, 5.74) is 3.34. The van der Waals surface area contributed by atoms with Crippen molar-refractivity contribution in [3.8, 4) is 0 Å². The first-order valence-electron chi connectivity index (χ1n) is 12.0. The lowest BCUT2D eigenvalue weighted by atomic mass is 9.93. The number of aromatic nitrogens is 1. The van der Waals surface area contributed by atoms with E-state index in [9.17, 15) is 19.5 Å². The van der Waals surface area contributed by atoms with Crippen LogP contribution in [-0.4, -0.2) is 70.8 Å². The van der Waals surface area contributed by atoms with Crippen LogP contribution in [0.3, 0.4) is 0 Å². The number of aliphatic hydroxyl groups excluding tert-OH is 1. The van der Waals surface area contributed by atoms with E-state index in [1.807, 2.05) is 31.2 Å². The SMILES string of the molecule is CCN(CC)CCCN1C(=O)C(=O)C(=C(O)c2c(C)[nH]c(C(=O)OC)c2C)[C@@H]1c1ccc(C)cc1. The number of amides is 1. The highest BCUT2D eigenvalue weighted by Crippen LogP contribution is 2.41. The van der Waals surface area contributed by atoms with E-state index in [0.717, 1.165) is 30.8 Å². The van der Waals surface area contributed by atoms with Crippen LogP contribution in [0.15, 0.2) is 29.8 Å². The first-order chi connectivity index (χ1) is 16.7. The summed E-state index contributed by atoms with van der Waals surface area (Å²) in [4.78, 5) is 45.4. The number of ketones is 1. The van der Waals surface area contributed by atoms with Crippen LogP contribution in [0.5, 0.6) is 0 Å². The molecule has 3 rings (SSSR count). The first kappa shape index (κ1) is 26.2. The fourth-order valence-electron chi connectivity index (χ4n) is 4.76. The van der Waals surface area contributed by atoms with Crippen molar-refractivity contribution in [2.75, 3.05) is 33.3 Å². The van der Waals surface area contributed by atoms with Crippen LogP contribution in [0.1, 0.15) is 64.7 Å². The summed E-state index contributed by atoms with van der Waals surface area (Å²) in [6, 6.07) is 6.89. The van der Waals surface area contributed by atoms with Gasteiger partial charge in [-0.15, -0.1) is 0 Å². The second-order valence-electron chi connectivity index (χ2n) is 8.90. The summed E-state index contributed by atoms with van der Waals surface area (Å²) >= 11 is 0. The number of aromatic amines is 1. The number of nitrogens with one attached hydrogen (secondary N) is 1. The highest BCUT2D eigenvalue weighted by atomic mass is 16.5. The molecule has 1 aliphatic heterocycles. The van der Waals surface area contributed by atoms with Gasteiger partial charge >= 0.3 is 5.97 Å². The minimum absolute atomic E-state index is 0.0308. The number of aliphatic hydroxyl groups is 1. The van der Waals surface area contributed by atoms with Crippen LogP contribution in [0.4, 0.5) is 0 Å². The summed E-state index contributed by atoms with van der Waals surface area (Å²) in [5, 5.41) is 11.4. The van der Waals surface area contributed by atoms with Gasteiger partial charge in [0.1, 0.15) is 11.5 Å². The van der Waals surface area contributed by atoms with Crippen molar-refractivity contribution in [2.45, 2.75) is 47.1 Å². The summed E-state index contributed by atoms with van der Waals surface area (Å²) in [7, 11) is 1.28. The van der Waals surface area contributed by atoms with Gasteiger partial charge in [-0.05, 0) is 58.0 Å². The van der Waals surface area contributed by atoms with E-state index in [1.54, 1.807) is 18.7 Å². The number of Topliss-reactive ketones (excluding diaryl/α,β-unsaturated/α-hetero) is 1. The Kier molecular flexibility index (Phi) is 8.17. The van der Waals surface area contributed by atoms with E-state index in [4.69, 9.17) is 4.74 Å². The van der Waals surface area contributed by atoms with E-state index in [0.29, 0.717) is 29.8 Å². The number of ether oxygens (including phenoxy) is 1. The lowest BCUT2D eigenvalue weighted by Gasteiger charge is -2.27. The second-order valence-corrected chi connectivity index (χ2v) is 8.90. The number of aryl methyl sites for hydroxylation is 2. The Hall–Kier alpha value is -3.39. The predicted octanol–water partition coefficient (Wildman–Crippen LogP) is 3.88. The van der Waals surface area contributed by atoms with Crippen LogP contribution < -0.4 is 0 Å². The van der Waals surface area contributed by atoms with E-state index in [-0.39, 0.29) is 17.0 Å². The zero-order valence-electron chi connectivity index (χ0n) is 21.4. The highest BCUT2D eigenvalue weighted by Gasteiger charge is 2.46. The molecule has 35 heavy (non-hydrogen) atoms. The molecule has 1 fully saturated rings. The Bertz CT molecular complexity index is 1140. The molecule has 0 radical (unpaired) electrons. The average molecular weight is 482 g/mol. The van der Waals surface area contributed by atoms with Gasteiger partial charge in [0.2, 0.25) is 0 Å². The van der Waals surface area contributed by atoms with Gasteiger partial charge in [0.15, 0.2) is 0 Å². The van der Waals surface area contributed by atoms with Crippen molar-refractivity contribution in [3.63, 3.8) is 0 Å². The van der Waals surface area contributed by atoms with Gasteiger partial charge in [-0.3, -0.25) is 9.59 Å². The Balaban J connectivity index is 2.11. The van der Waals surface area contributed by atoms with Crippen molar-refractivity contribution >= 4 is 23.4 Å². The minimum atomic E-state index is -0.726. The van der Waals surface area contributed by atoms with Crippen LogP contribution in [0, 0.1) is 20.8 Å². The Labute approximate surface area is 206 Å². The topological polar surface area (TPSA) is 103 Å². The maximum absolute atomic E-state index is 13.3. The number of nitrogens with zero attached hydrogens (tertiary/aromatic N) is 2. The molecule has 8 nitrogen and oxygen atoms in total. The third-order valence-corrected chi connectivity index (χ3v) is 6.76. The van der Waals surface area contributed by atoms with Crippen LogP contribution in [0.2, 0.25) is 0 Å². The van der Waals surface area contributed by atoms with Gasteiger partial charge in [-0.2, -0.15) is 0 Å². The van der Waals surface area contributed by atoms with Gasteiger partial charge in [0.25, 0.3) is 11.7 Å². The van der Waals surface area contributed by atoms with Crippen molar-refractivity contribution in [3.05, 3.63) is 63.5 Å². The number of hydrogen-bond acceptors (Lipinski definition) is 6. The van der Waals surface area contributed by atoms with Crippen molar-refractivity contribution < 1.29 is 24.2 Å². The molecule has 0 bridgehead atoms. The molecule has 1 aromatic heterocycles. The molecular weight excluding hydrogens is 446 g/mol. The van der Waals surface area contributed by atoms with E-state index < -0.39 is 23.7 Å². The zero-order valence-corrected chi connectivity index (χ0v) is 21.4. The normalized spacial score (nSPS) is 17.5. The molecule has 2 heterocycles. The van der Waals surface area contributed by atoms with Gasteiger partial charge in [0, 0.05) is 17.8 Å². The van der Waals surface area contributed by atoms with Crippen molar-refractivity contribution in [1.29, 1.82) is 0 Å². The average Bonchev–Trinajstić information content (AvgIpc) is 3.28. The standard InChI is InChI=1S/C27H35N3O5/c1-7-29(8-2)14-9-15-30-23(19-12-10-16(3)11-13-19)21(25(32)26(30)33)24(31)20-17(4)22(27(34)35-6)28-18(20)5/h10-13,23,28,31H,7-9,14-15H2,1-6H3/t23-/m0/s1. The first-order valence-corrected chi connectivity index (χ1v) is 12.0. The van der Waals surface area contributed by atoms with Gasteiger partial charge < -0.3 is 24.6 Å². The predicted molar refractivity (Wildman–Crippen MR) is 134 cm³/mol. The van der Waals surface area contributed by atoms with Crippen molar-refractivity contribution in [2.24, 2.45) is 0 Å². The largest absolute Gasteiger partial charge is 0.507 e. The fourth-order valence-corrected chi connectivity index (χ4v) is 4.76. The molecule has 1 aliphatic rings. The molecular formula is C27H35N3O5. The maximum atomic E-state index is 13.3. The van der Waals surface area contributed by atoms with Gasteiger partial charge in [-0.1, -0.05) is 43.7 Å². The molecule has 2 aromatic rings. The molecule has 0 spiro atoms. The monoisotopic (exact) mass is 481 g/mol. The molecule has 1 amide bonds. The molecule has 2 N–H and O–H groups in total. The molecule has 188 valence electrons. The summed E-state index contributed by atoms with van der Waals surface area (Å²) in [5.74, 6) is -2.22. The Morgan fingerprint density at radius 1 is 1.11 bits per heavy atom. The Morgan fingerprint density at radius 3 is 2.31 bits per heavy atom. The second kappa shape index (κ2) is 10.9. The summed E-state index contributed by atoms with van der Waals surface area (Å²) < 4.78 is 4.83. The van der Waals surface area contributed by atoms with Gasteiger partial charge in [-0.25, -0.2) is 4.79 Å². The lowest BCUT2D eigenvalue weighted by Crippen LogP contribution is -2.33. The number of likely N-dealkylation sites (tertiary alicyclic amines) is 1. The van der Waals surface area contributed by atoms with E-state index in [1.165, 1.54) is 7.11 Å².